The van der Waals surface area contributed by atoms with Crippen LogP contribution in [-0.4, -0.2) is 27.7 Å². The number of fused-ring (bicyclic) bond motifs is 1. The first kappa shape index (κ1) is 19.3. The van der Waals surface area contributed by atoms with Crippen LogP contribution >= 0.6 is 0 Å². The molecule has 1 heterocycles. The normalized spacial score (nSPS) is 13.6. The lowest BCUT2D eigenvalue weighted by Gasteiger charge is -2.20. The first-order valence-corrected chi connectivity index (χ1v) is 9.67. The minimum Gasteiger partial charge on any atom is -0.467 e. The van der Waals surface area contributed by atoms with Gasteiger partial charge in [-0.25, -0.2) is 22.3 Å². The van der Waals surface area contributed by atoms with Crippen molar-refractivity contribution in [2.45, 2.75) is 25.0 Å². The van der Waals surface area contributed by atoms with Crippen molar-refractivity contribution < 1.29 is 31.8 Å². The third-order valence-corrected chi connectivity index (χ3v) is 5.41. The number of rotatable bonds is 6. The second-order valence-corrected chi connectivity index (χ2v) is 7.53. The molecule has 0 atom stereocenters. The van der Waals surface area contributed by atoms with Gasteiger partial charge in [-0.2, -0.15) is 0 Å². The van der Waals surface area contributed by atoms with Crippen LogP contribution < -0.4 is 9.46 Å². The van der Waals surface area contributed by atoms with Gasteiger partial charge >= 0.3 is 5.97 Å². The zero-order chi connectivity index (χ0) is 19.4. The number of nitrogens with one attached hydrogen (secondary N) is 1. The van der Waals surface area contributed by atoms with Crippen molar-refractivity contribution in [3.8, 4) is 5.75 Å². The van der Waals surface area contributed by atoms with E-state index in [2.05, 4.69) is 4.72 Å². The summed E-state index contributed by atoms with van der Waals surface area (Å²) in [6.07, 6.45) is 0. The number of ether oxygens (including phenoxy) is 3. The van der Waals surface area contributed by atoms with Gasteiger partial charge in [-0.15, -0.1) is 0 Å². The molecule has 1 aliphatic rings. The molecule has 0 aromatic heterocycles. The number of hydrogen-bond donors (Lipinski definition) is 1. The van der Waals surface area contributed by atoms with Gasteiger partial charge in [0.05, 0.1) is 17.1 Å². The third-order valence-electron chi connectivity index (χ3n) is 3.85. The van der Waals surface area contributed by atoms with Gasteiger partial charge < -0.3 is 14.2 Å². The van der Waals surface area contributed by atoms with Crippen LogP contribution in [0.1, 0.15) is 28.4 Å². The Hall–Kier alpha value is -2.49. The molecule has 1 N–H and O–H groups in total. The summed E-state index contributed by atoms with van der Waals surface area (Å²) in [7, 11) is -3.60. The third kappa shape index (κ3) is 4.44. The van der Waals surface area contributed by atoms with Crippen LogP contribution in [0, 0.1) is 5.82 Å². The quantitative estimate of drug-likeness (QED) is 0.755. The molecule has 3 rings (SSSR count). The molecule has 9 heteroatoms. The summed E-state index contributed by atoms with van der Waals surface area (Å²) in [5, 5.41) is 0. The molecule has 0 unspecified atom stereocenters. The Morgan fingerprint density at radius 1 is 1.26 bits per heavy atom. The Bertz CT molecular complexity index is 943. The van der Waals surface area contributed by atoms with E-state index in [4.69, 9.17) is 14.2 Å². The van der Waals surface area contributed by atoms with Gasteiger partial charge in [0.1, 0.15) is 18.2 Å². The van der Waals surface area contributed by atoms with E-state index in [1.54, 1.807) is 6.92 Å². The van der Waals surface area contributed by atoms with Crippen LogP contribution in [-0.2, 0) is 32.7 Å². The van der Waals surface area contributed by atoms with Gasteiger partial charge in [0.25, 0.3) is 0 Å². The maximum Gasteiger partial charge on any atom is 0.338 e. The molecule has 0 amide bonds. The fraction of sp³-hybridized carbons (Fsp3) is 0.278. The molecular formula is C18H18FNO6S. The molecule has 144 valence electrons. The van der Waals surface area contributed by atoms with Crippen LogP contribution in [0.2, 0.25) is 0 Å². The maximum absolute atomic E-state index is 13.7. The van der Waals surface area contributed by atoms with Gasteiger partial charge in [0, 0.05) is 17.7 Å². The fourth-order valence-electron chi connectivity index (χ4n) is 2.63. The van der Waals surface area contributed by atoms with E-state index in [0.29, 0.717) is 16.9 Å². The lowest BCUT2D eigenvalue weighted by atomic mass is 10.1. The smallest absolute Gasteiger partial charge is 0.338 e. The topological polar surface area (TPSA) is 90.9 Å². The molecular weight excluding hydrogens is 377 g/mol. The van der Waals surface area contributed by atoms with Crippen LogP contribution in [0.15, 0.2) is 41.3 Å². The Morgan fingerprint density at radius 2 is 2.00 bits per heavy atom. The van der Waals surface area contributed by atoms with E-state index in [-0.39, 0.29) is 37.0 Å². The highest BCUT2D eigenvalue weighted by Crippen LogP contribution is 2.30. The van der Waals surface area contributed by atoms with Crippen LogP contribution in [0.5, 0.6) is 5.75 Å². The number of benzene rings is 2. The van der Waals surface area contributed by atoms with E-state index in [0.717, 1.165) is 0 Å². The predicted molar refractivity (Wildman–Crippen MR) is 93.1 cm³/mol. The minimum absolute atomic E-state index is 0.0430. The molecule has 0 spiro atoms. The highest BCUT2D eigenvalue weighted by Gasteiger charge is 2.19. The highest BCUT2D eigenvalue weighted by atomic mass is 32.2. The van der Waals surface area contributed by atoms with Gasteiger partial charge in [-0.3, -0.25) is 0 Å². The van der Waals surface area contributed by atoms with Crippen molar-refractivity contribution in [2.75, 3.05) is 13.3 Å². The van der Waals surface area contributed by atoms with E-state index in [1.807, 2.05) is 0 Å². The van der Waals surface area contributed by atoms with Gasteiger partial charge in [0.15, 0.2) is 6.79 Å². The van der Waals surface area contributed by atoms with E-state index < -0.39 is 21.8 Å². The number of halogens is 1. The van der Waals surface area contributed by atoms with E-state index in [9.17, 15) is 17.6 Å². The second-order valence-electron chi connectivity index (χ2n) is 5.77. The average Bonchev–Trinajstić information content (AvgIpc) is 2.65. The molecule has 0 saturated carbocycles. The fourth-order valence-corrected chi connectivity index (χ4v) is 3.68. The van der Waals surface area contributed by atoms with Crippen molar-refractivity contribution in [1.29, 1.82) is 0 Å². The van der Waals surface area contributed by atoms with Gasteiger partial charge in [-0.1, -0.05) is 6.92 Å². The number of esters is 1. The average molecular weight is 395 g/mol. The SMILES string of the molecule is CCNS(=O)(=O)c1ccc(C(=O)OCc2cc(F)cc3c2OCOC3)cc1. The van der Waals surface area contributed by atoms with Crippen LogP contribution in [0.3, 0.4) is 0 Å². The summed E-state index contributed by atoms with van der Waals surface area (Å²) < 4.78 is 55.6. The van der Waals surface area contributed by atoms with Gasteiger partial charge in [0.2, 0.25) is 10.0 Å². The number of carbonyl (C=O) groups is 1. The number of carbonyl (C=O) groups excluding carboxylic acids is 1. The molecule has 0 bridgehead atoms. The summed E-state index contributed by atoms with van der Waals surface area (Å²) in [4.78, 5) is 12.3. The maximum atomic E-state index is 13.7. The molecule has 7 nitrogen and oxygen atoms in total. The van der Waals surface area contributed by atoms with Gasteiger partial charge in [-0.05, 0) is 36.4 Å². The van der Waals surface area contributed by atoms with Crippen molar-refractivity contribution >= 4 is 16.0 Å². The number of sulfonamides is 1. The van der Waals surface area contributed by atoms with Crippen LogP contribution in [0.25, 0.3) is 0 Å². The molecule has 0 aliphatic carbocycles. The summed E-state index contributed by atoms with van der Waals surface area (Å²) in [5.41, 5.74) is 1.12. The molecule has 2 aromatic carbocycles. The van der Waals surface area contributed by atoms with Crippen molar-refractivity contribution in [3.05, 3.63) is 58.9 Å². The monoisotopic (exact) mass is 395 g/mol. The zero-order valence-electron chi connectivity index (χ0n) is 14.5. The van der Waals surface area contributed by atoms with Crippen LogP contribution in [0.4, 0.5) is 4.39 Å². The Balaban J connectivity index is 1.71. The van der Waals surface area contributed by atoms with Crippen molar-refractivity contribution in [3.63, 3.8) is 0 Å². The van der Waals surface area contributed by atoms with Crippen molar-refractivity contribution in [2.24, 2.45) is 0 Å². The predicted octanol–water partition coefficient (Wildman–Crippen LogP) is 2.35. The largest absolute Gasteiger partial charge is 0.467 e. The summed E-state index contributed by atoms with van der Waals surface area (Å²) >= 11 is 0. The first-order valence-electron chi connectivity index (χ1n) is 8.19. The van der Waals surface area contributed by atoms with E-state index in [1.165, 1.54) is 36.4 Å². The summed E-state index contributed by atoms with van der Waals surface area (Å²) in [5.74, 6) is -0.693. The Morgan fingerprint density at radius 3 is 2.70 bits per heavy atom. The molecule has 0 radical (unpaired) electrons. The highest BCUT2D eigenvalue weighted by molar-refractivity contribution is 7.89. The molecule has 27 heavy (non-hydrogen) atoms. The summed E-state index contributed by atoms with van der Waals surface area (Å²) in [6, 6.07) is 7.90. The van der Waals surface area contributed by atoms with E-state index >= 15 is 0 Å². The number of hydrogen-bond acceptors (Lipinski definition) is 6. The molecule has 2 aromatic rings. The molecule has 0 saturated heterocycles. The molecule has 1 aliphatic heterocycles. The van der Waals surface area contributed by atoms with Crippen molar-refractivity contribution in [1.82, 2.24) is 4.72 Å². The lowest BCUT2D eigenvalue weighted by molar-refractivity contribution is -0.0182. The second kappa shape index (κ2) is 8.03. The first-order chi connectivity index (χ1) is 12.9. The Kier molecular flexibility index (Phi) is 5.73. The Labute approximate surface area is 156 Å². The standard InChI is InChI=1S/C18H18FNO6S/c1-2-20-27(22,23)16-5-3-12(4-6-16)18(21)25-10-14-8-15(19)7-13-9-24-11-26-17(13)14/h3-8,20H,2,9-11H2,1H3. The summed E-state index contributed by atoms with van der Waals surface area (Å²) in [6.45, 7) is 2.01. The lowest BCUT2D eigenvalue weighted by Crippen LogP contribution is -2.23. The zero-order valence-corrected chi connectivity index (χ0v) is 15.3. The minimum atomic E-state index is -3.60. The molecule has 0 fully saturated rings.